The molecular formula is C22H22O5S. The van der Waals surface area contributed by atoms with Crippen LogP contribution in [-0.2, 0) is 14.2 Å². The highest BCUT2D eigenvalue weighted by Gasteiger charge is 2.41. The van der Waals surface area contributed by atoms with Crippen LogP contribution in [0.4, 0.5) is 0 Å². The van der Waals surface area contributed by atoms with Crippen molar-refractivity contribution in [3.8, 4) is 0 Å². The van der Waals surface area contributed by atoms with Crippen molar-refractivity contribution >= 4 is 23.7 Å². The third-order valence-corrected chi connectivity index (χ3v) is 5.63. The molecule has 1 saturated heterocycles. The lowest BCUT2D eigenvalue weighted by Gasteiger charge is -2.24. The number of thioether (sulfide) groups is 1. The summed E-state index contributed by atoms with van der Waals surface area (Å²) in [5, 5.41) is -0.199. The molecule has 2 aromatic carbocycles. The summed E-state index contributed by atoms with van der Waals surface area (Å²) < 4.78 is 17.0. The van der Waals surface area contributed by atoms with Crippen LogP contribution in [0.15, 0.2) is 73.3 Å². The van der Waals surface area contributed by atoms with Gasteiger partial charge < -0.3 is 14.2 Å². The standard InChI is InChI=1S/C22H22O5S/c1-2-13-25-18-15-28-19(14-26-21(23)16-9-5-3-6-10-16)20(18)27-22(24)17-11-7-4-8-12-17/h2-12,18-20H,1,13-15H2/t18-,19+,20-/m1/s1. The summed E-state index contributed by atoms with van der Waals surface area (Å²) in [6.07, 6.45) is 0.862. The third kappa shape index (κ3) is 5.24. The largest absolute Gasteiger partial charge is 0.461 e. The Balaban J connectivity index is 1.65. The fourth-order valence-electron chi connectivity index (χ4n) is 2.86. The van der Waals surface area contributed by atoms with Gasteiger partial charge in [0.1, 0.15) is 18.8 Å². The summed E-state index contributed by atoms with van der Waals surface area (Å²) in [6.45, 7) is 4.16. The van der Waals surface area contributed by atoms with Crippen molar-refractivity contribution in [2.75, 3.05) is 19.0 Å². The maximum atomic E-state index is 12.5. The molecule has 0 radical (unpaired) electrons. The lowest BCUT2D eigenvalue weighted by atomic mass is 10.1. The summed E-state index contributed by atoms with van der Waals surface area (Å²) >= 11 is 1.57. The Bertz CT molecular complexity index is 793. The van der Waals surface area contributed by atoms with Gasteiger partial charge in [0.05, 0.1) is 23.0 Å². The molecule has 3 rings (SSSR count). The van der Waals surface area contributed by atoms with Crippen LogP contribution in [0.25, 0.3) is 0 Å². The van der Waals surface area contributed by atoms with E-state index in [9.17, 15) is 9.59 Å². The molecule has 0 saturated carbocycles. The van der Waals surface area contributed by atoms with Crippen LogP contribution in [0.1, 0.15) is 20.7 Å². The number of esters is 2. The Hall–Kier alpha value is -2.57. The van der Waals surface area contributed by atoms with Gasteiger partial charge in [-0.3, -0.25) is 0 Å². The zero-order valence-corrected chi connectivity index (χ0v) is 16.2. The molecule has 0 bridgehead atoms. The van der Waals surface area contributed by atoms with Crippen molar-refractivity contribution < 1.29 is 23.8 Å². The Morgan fingerprint density at radius 2 is 1.61 bits per heavy atom. The molecule has 3 atom stereocenters. The monoisotopic (exact) mass is 398 g/mol. The zero-order chi connectivity index (χ0) is 19.8. The van der Waals surface area contributed by atoms with E-state index in [1.165, 1.54) is 0 Å². The van der Waals surface area contributed by atoms with Crippen molar-refractivity contribution in [2.24, 2.45) is 0 Å². The normalized spacial score (nSPS) is 21.1. The van der Waals surface area contributed by atoms with E-state index in [2.05, 4.69) is 6.58 Å². The Kier molecular flexibility index (Phi) is 7.28. The first kappa shape index (κ1) is 20.2. The predicted octanol–water partition coefficient (Wildman–Crippen LogP) is 3.76. The van der Waals surface area contributed by atoms with Crippen LogP contribution >= 0.6 is 11.8 Å². The lowest BCUT2D eigenvalue weighted by molar-refractivity contribution is -0.0359. The first-order valence-electron chi connectivity index (χ1n) is 9.01. The number of hydrogen-bond donors (Lipinski definition) is 0. The van der Waals surface area contributed by atoms with Crippen LogP contribution in [0.3, 0.4) is 0 Å². The summed E-state index contributed by atoms with van der Waals surface area (Å²) in [5.74, 6) is -0.168. The highest BCUT2D eigenvalue weighted by Crippen LogP contribution is 2.32. The molecule has 0 unspecified atom stereocenters. The molecule has 2 aromatic rings. The van der Waals surface area contributed by atoms with E-state index in [1.807, 2.05) is 12.1 Å². The van der Waals surface area contributed by atoms with Crippen molar-refractivity contribution in [3.63, 3.8) is 0 Å². The molecule has 0 aliphatic carbocycles. The minimum absolute atomic E-state index is 0.138. The van der Waals surface area contributed by atoms with E-state index in [4.69, 9.17) is 14.2 Å². The Labute approximate surface area is 168 Å². The first-order valence-corrected chi connectivity index (χ1v) is 10.1. The predicted molar refractivity (Wildman–Crippen MR) is 109 cm³/mol. The van der Waals surface area contributed by atoms with Crippen LogP contribution in [0, 0.1) is 0 Å². The molecule has 146 valence electrons. The number of hydrogen-bond acceptors (Lipinski definition) is 6. The molecule has 6 heteroatoms. The Morgan fingerprint density at radius 3 is 2.21 bits per heavy atom. The van der Waals surface area contributed by atoms with E-state index >= 15 is 0 Å². The highest BCUT2D eigenvalue weighted by molar-refractivity contribution is 8.00. The summed E-state index contributed by atoms with van der Waals surface area (Å²) in [4.78, 5) is 24.7. The maximum absolute atomic E-state index is 12.5. The quantitative estimate of drug-likeness (QED) is 0.498. The van der Waals surface area contributed by atoms with Gasteiger partial charge in [0, 0.05) is 5.75 Å². The second-order valence-corrected chi connectivity index (χ2v) is 7.50. The van der Waals surface area contributed by atoms with Crippen LogP contribution in [0.2, 0.25) is 0 Å². The summed E-state index contributed by atoms with van der Waals surface area (Å²) in [6, 6.07) is 17.6. The number of ether oxygens (including phenoxy) is 3. The number of carbonyl (C=O) groups is 2. The SMILES string of the molecule is C=CCO[C@@H]1CS[C@@H](COC(=O)c2ccccc2)[C@@H]1OC(=O)c1ccccc1. The van der Waals surface area contributed by atoms with Gasteiger partial charge in [-0.2, -0.15) is 0 Å². The number of rotatable bonds is 8. The molecule has 0 N–H and O–H groups in total. The average Bonchev–Trinajstić information content (AvgIpc) is 3.13. The van der Waals surface area contributed by atoms with Crippen LogP contribution in [0.5, 0.6) is 0 Å². The van der Waals surface area contributed by atoms with E-state index < -0.39 is 18.0 Å². The van der Waals surface area contributed by atoms with E-state index in [0.29, 0.717) is 23.5 Å². The van der Waals surface area contributed by atoms with Crippen molar-refractivity contribution in [3.05, 3.63) is 84.4 Å². The summed E-state index contributed by atoms with van der Waals surface area (Å²) in [5.41, 5.74) is 0.963. The van der Waals surface area contributed by atoms with Gasteiger partial charge in [-0.25, -0.2) is 9.59 Å². The molecule has 1 aliphatic rings. The van der Waals surface area contributed by atoms with Gasteiger partial charge in [0.2, 0.25) is 0 Å². The van der Waals surface area contributed by atoms with Gasteiger partial charge in [-0.15, -0.1) is 18.3 Å². The molecule has 28 heavy (non-hydrogen) atoms. The van der Waals surface area contributed by atoms with Crippen molar-refractivity contribution in [1.82, 2.24) is 0 Å². The summed E-state index contributed by atoms with van der Waals surface area (Å²) in [7, 11) is 0. The smallest absolute Gasteiger partial charge is 0.338 e. The minimum Gasteiger partial charge on any atom is -0.461 e. The second kappa shape index (κ2) is 10.1. The van der Waals surface area contributed by atoms with E-state index in [1.54, 1.807) is 66.4 Å². The highest BCUT2D eigenvalue weighted by atomic mass is 32.2. The van der Waals surface area contributed by atoms with Gasteiger partial charge in [-0.1, -0.05) is 42.5 Å². The molecular weight excluding hydrogens is 376 g/mol. The molecule has 1 fully saturated rings. The molecule has 1 aliphatic heterocycles. The first-order chi connectivity index (χ1) is 13.7. The lowest BCUT2D eigenvalue weighted by Crippen LogP contribution is -2.39. The fraction of sp³-hybridized carbons (Fsp3) is 0.273. The minimum atomic E-state index is -0.513. The third-order valence-electron chi connectivity index (χ3n) is 4.28. The number of carbonyl (C=O) groups excluding carboxylic acids is 2. The molecule has 0 aromatic heterocycles. The zero-order valence-electron chi connectivity index (χ0n) is 15.4. The Morgan fingerprint density at radius 1 is 1.00 bits per heavy atom. The van der Waals surface area contributed by atoms with Crippen LogP contribution < -0.4 is 0 Å². The molecule has 5 nitrogen and oxygen atoms in total. The number of benzene rings is 2. The van der Waals surface area contributed by atoms with Gasteiger partial charge >= 0.3 is 11.9 Å². The van der Waals surface area contributed by atoms with Gasteiger partial charge in [-0.05, 0) is 24.3 Å². The topological polar surface area (TPSA) is 61.8 Å². The van der Waals surface area contributed by atoms with Gasteiger partial charge in [0.25, 0.3) is 0 Å². The van der Waals surface area contributed by atoms with Gasteiger partial charge in [0.15, 0.2) is 0 Å². The average molecular weight is 398 g/mol. The molecule has 0 spiro atoms. The maximum Gasteiger partial charge on any atom is 0.338 e. The molecule has 0 amide bonds. The fourth-order valence-corrected chi connectivity index (χ4v) is 4.17. The second-order valence-electron chi connectivity index (χ2n) is 6.23. The van der Waals surface area contributed by atoms with Crippen molar-refractivity contribution in [1.29, 1.82) is 0 Å². The van der Waals surface area contributed by atoms with E-state index in [0.717, 1.165) is 0 Å². The van der Waals surface area contributed by atoms with E-state index in [-0.39, 0.29) is 18.0 Å². The van der Waals surface area contributed by atoms with Crippen molar-refractivity contribution in [2.45, 2.75) is 17.5 Å². The molecule has 1 heterocycles. The van der Waals surface area contributed by atoms with Crippen LogP contribution in [-0.4, -0.2) is 48.4 Å².